The molecule has 0 saturated carbocycles. The van der Waals surface area contributed by atoms with Crippen LogP contribution in [-0.2, 0) is 6.54 Å². The molecule has 1 N–H and O–H groups in total. The van der Waals surface area contributed by atoms with Crippen LogP contribution in [0.15, 0.2) is 28.7 Å². The van der Waals surface area contributed by atoms with Gasteiger partial charge in [0.1, 0.15) is 0 Å². The van der Waals surface area contributed by atoms with E-state index < -0.39 is 0 Å². The Kier molecular flexibility index (Phi) is 3.78. The first-order valence-electron chi connectivity index (χ1n) is 5.39. The number of aliphatic hydroxyl groups is 1. The number of nitrogens with zero attached hydrogens (tertiary/aromatic N) is 1. The summed E-state index contributed by atoms with van der Waals surface area (Å²) in [6.07, 6.45) is 2.33. The van der Waals surface area contributed by atoms with Gasteiger partial charge in [0.15, 0.2) is 0 Å². The molecule has 0 amide bonds. The van der Waals surface area contributed by atoms with Crippen molar-refractivity contribution in [3.63, 3.8) is 0 Å². The Hall–Kier alpha value is -0.380. The van der Waals surface area contributed by atoms with Gasteiger partial charge in [0.2, 0.25) is 0 Å². The third kappa shape index (κ3) is 2.60. The second-order valence-electron chi connectivity index (χ2n) is 4.04. The molecule has 82 valence electrons. The summed E-state index contributed by atoms with van der Waals surface area (Å²) in [5.41, 5.74) is 1.30. The maximum atomic E-state index is 9.23. The summed E-state index contributed by atoms with van der Waals surface area (Å²) in [5, 5.41) is 9.23. The summed E-state index contributed by atoms with van der Waals surface area (Å²) >= 11 is 3.56. The summed E-state index contributed by atoms with van der Waals surface area (Å²) in [4.78, 5) is 2.36. The van der Waals surface area contributed by atoms with Crippen molar-refractivity contribution in [1.29, 1.82) is 0 Å². The van der Waals surface area contributed by atoms with Gasteiger partial charge in [-0.15, -0.1) is 0 Å². The molecule has 1 heterocycles. The van der Waals surface area contributed by atoms with Crippen molar-refractivity contribution in [1.82, 2.24) is 4.90 Å². The largest absolute Gasteiger partial charge is 0.395 e. The van der Waals surface area contributed by atoms with E-state index in [0.717, 1.165) is 24.0 Å². The van der Waals surface area contributed by atoms with E-state index in [9.17, 15) is 5.11 Å². The number of likely N-dealkylation sites (tertiary alicyclic amines) is 1. The van der Waals surface area contributed by atoms with Gasteiger partial charge in [0.05, 0.1) is 6.61 Å². The zero-order valence-electron chi connectivity index (χ0n) is 8.69. The van der Waals surface area contributed by atoms with Crippen LogP contribution in [-0.4, -0.2) is 29.2 Å². The van der Waals surface area contributed by atoms with Gasteiger partial charge in [-0.3, -0.25) is 4.90 Å². The van der Waals surface area contributed by atoms with Crippen LogP contribution in [0.1, 0.15) is 18.4 Å². The molecule has 1 fully saturated rings. The highest BCUT2D eigenvalue weighted by atomic mass is 79.9. The number of halogens is 1. The highest BCUT2D eigenvalue weighted by Crippen LogP contribution is 2.23. The molecule has 1 aromatic rings. The Morgan fingerprint density at radius 1 is 1.40 bits per heavy atom. The third-order valence-corrected chi connectivity index (χ3v) is 3.81. The van der Waals surface area contributed by atoms with Crippen LogP contribution in [0.2, 0.25) is 0 Å². The summed E-state index contributed by atoms with van der Waals surface area (Å²) in [7, 11) is 0. The van der Waals surface area contributed by atoms with Crippen molar-refractivity contribution in [3.8, 4) is 0 Å². The topological polar surface area (TPSA) is 23.5 Å². The number of hydrogen-bond donors (Lipinski definition) is 1. The standard InChI is InChI=1S/C12H16BrNO/c13-12-6-2-1-4-10(12)8-14-7-3-5-11(14)9-15/h1-2,4,6,11,15H,3,5,7-9H2/t11-/m1/s1. The number of rotatable bonds is 3. The van der Waals surface area contributed by atoms with E-state index in [-0.39, 0.29) is 6.61 Å². The SMILES string of the molecule is OC[C@H]1CCCN1Cc1ccccc1Br. The van der Waals surface area contributed by atoms with Crippen LogP contribution in [0.25, 0.3) is 0 Å². The molecule has 1 saturated heterocycles. The highest BCUT2D eigenvalue weighted by molar-refractivity contribution is 9.10. The monoisotopic (exact) mass is 269 g/mol. The molecule has 15 heavy (non-hydrogen) atoms. The van der Waals surface area contributed by atoms with Gasteiger partial charge >= 0.3 is 0 Å². The van der Waals surface area contributed by atoms with Crippen LogP contribution in [0.3, 0.4) is 0 Å². The average Bonchev–Trinajstić information content (AvgIpc) is 2.69. The lowest BCUT2D eigenvalue weighted by atomic mass is 10.2. The Balaban J connectivity index is 2.05. The van der Waals surface area contributed by atoms with Gasteiger partial charge in [0.25, 0.3) is 0 Å². The Labute approximate surface area is 99.0 Å². The Morgan fingerprint density at radius 3 is 2.93 bits per heavy atom. The first kappa shape index (κ1) is 11.1. The van der Waals surface area contributed by atoms with Crippen LogP contribution in [0, 0.1) is 0 Å². The van der Waals surface area contributed by atoms with E-state index in [1.165, 1.54) is 12.0 Å². The molecule has 0 unspecified atom stereocenters. The average molecular weight is 270 g/mol. The van der Waals surface area contributed by atoms with E-state index in [1.54, 1.807) is 0 Å². The smallest absolute Gasteiger partial charge is 0.0587 e. The van der Waals surface area contributed by atoms with Gasteiger partial charge in [-0.25, -0.2) is 0 Å². The van der Waals surface area contributed by atoms with E-state index in [0.29, 0.717) is 6.04 Å². The summed E-state index contributed by atoms with van der Waals surface area (Å²) < 4.78 is 1.16. The zero-order valence-corrected chi connectivity index (χ0v) is 10.3. The molecule has 0 bridgehead atoms. The minimum Gasteiger partial charge on any atom is -0.395 e. The van der Waals surface area contributed by atoms with Crippen molar-refractivity contribution >= 4 is 15.9 Å². The molecule has 1 aliphatic heterocycles. The zero-order chi connectivity index (χ0) is 10.7. The summed E-state index contributed by atoms with van der Waals surface area (Å²) in [5.74, 6) is 0. The van der Waals surface area contributed by atoms with E-state index in [2.05, 4.69) is 39.0 Å². The normalized spacial score (nSPS) is 22.1. The van der Waals surface area contributed by atoms with Crippen molar-refractivity contribution in [2.75, 3.05) is 13.2 Å². The second-order valence-corrected chi connectivity index (χ2v) is 4.89. The molecule has 0 spiro atoms. The molecule has 1 aliphatic rings. The summed E-state index contributed by atoms with van der Waals surface area (Å²) in [6.45, 7) is 2.32. The fourth-order valence-corrected chi connectivity index (χ4v) is 2.57. The molecule has 3 heteroatoms. The Morgan fingerprint density at radius 2 is 2.20 bits per heavy atom. The van der Waals surface area contributed by atoms with Gasteiger partial charge in [-0.05, 0) is 31.0 Å². The van der Waals surface area contributed by atoms with Crippen molar-refractivity contribution in [2.24, 2.45) is 0 Å². The third-order valence-electron chi connectivity index (χ3n) is 3.04. The molecule has 2 nitrogen and oxygen atoms in total. The molecular weight excluding hydrogens is 254 g/mol. The van der Waals surface area contributed by atoms with Gasteiger partial charge in [0, 0.05) is 17.1 Å². The number of aliphatic hydroxyl groups excluding tert-OH is 1. The Bertz CT molecular complexity index is 329. The predicted molar refractivity (Wildman–Crippen MR) is 64.7 cm³/mol. The fraction of sp³-hybridized carbons (Fsp3) is 0.500. The molecule has 1 aromatic carbocycles. The van der Waals surface area contributed by atoms with E-state index in [1.807, 2.05) is 6.07 Å². The minimum atomic E-state index is 0.282. The molecule has 0 aromatic heterocycles. The van der Waals surface area contributed by atoms with Crippen molar-refractivity contribution in [2.45, 2.75) is 25.4 Å². The van der Waals surface area contributed by atoms with Crippen molar-refractivity contribution in [3.05, 3.63) is 34.3 Å². The first-order chi connectivity index (χ1) is 7.31. The molecule has 1 atom stereocenters. The molecule has 0 radical (unpaired) electrons. The van der Waals surface area contributed by atoms with Crippen LogP contribution < -0.4 is 0 Å². The van der Waals surface area contributed by atoms with Crippen LogP contribution in [0.5, 0.6) is 0 Å². The predicted octanol–water partition coefficient (Wildman–Crippen LogP) is 2.41. The first-order valence-corrected chi connectivity index (χ1v) is 6.19. The lowest BCUT2D eigenvalue weighted by Gasteiger charge is -2.23. The van der Waals surface area contributed by atoms with Gasteiger partial charge in [-0.1, -0.05) is 34.1 Å². The van der Waals surface area contributed by atoms with Crippen LogP contribution in [0.4, 0.5) is 0 Å². The minimum absolute atomic E-state index is 0.282. The lowest BCUT2D eigenvalue weighted by molar-refractivity contribution is 0.153. The quantitative estimate of drug-likeness (QED) is 0.911. The van der Waals surface area contributed by atoms with Crippen molar-refractivity contribution < 1.29 is 5.11 Å². The molecular formula is C12H16BrNO. The number of hydrogen-bond acceptors (Lipinski definition) is 2. The molecule has 0 aliphatic carbocycles. The van der Waals surface area contributed by atoms with E-state index >= 15 is 0 Å². The maximum absolute atomic E-state index is 9.23. The highest BCUT2D eigenvalue weighted by Gasteiger charge is 2.23. The second kappa shape index (κ2) is 5.10. The van der Waals surface area contributed by atoms with Gasteiger partial charge < -0.3 is 5.11 Å². The maximum Gasteiger partial charge on any atom is 0.0587 e. The summed E-state index contributed by atoms with van der Waals surface area (Å²) in [6, 6.07) is 8.65. The number of benzene rings is 1. The molecule has 2 rings (SSSR count). The van der Waals surface area contributed by atoms with Gasteiger partial charge in [-0.2, -0.15) is 0 Å². The van der Waals surface area contributed by atoms with E-state index in [4.69, 9.17) is 0 Å². The van der Waals surface area contributed by atoms with Crippen LogP contribution >= 0.6 is 15.9 Å². The lowest BCUT2D eigenvalue weighted by Crippen LogP contribution is -2.31. The fourth-order valence-electron chi connectivity index (χ4n) is 2.16.